The van der Waals surface area contributed by atoms with E-state index in [9.17, 15) is 0 Å². The average molecular weight is 439 g/mol. The van der Waals surface area contributed by atoms with Crippen LogP contribution in [0, 0.1) is 13.8 Å². The summed E-state index contributed by atoms with van der Waals surface area (Å²) in [6.45, 7) is 6.45. The van der Waals surface area contributed by atoms with Gasteiger partial charge in [-0.2, -0.15) is 0 Å². The molecule has 4 aromatic carbocycles. The van der Waals surface area contributed by atoms with Crippen LogP contribution in [0.5, 0.6) is 23.0 Å². The molecule has 1 atom stereocenters. The topological polar surface area (TPSA) is 70.5 Å². The fourth-order valence-corrected chi connectivity index (χ4v) is 3.92. The van der Waals surface area contributed by atoms with Crippen LogP contribution < -0.4 is 20.9 Å². The smallest absolute Gasteiger partial charge is 0.133 e. The van der Waals surface area contributed by atoms with E-state index in [4.69, 9.17) is 20.9 Å². The third-order valence-electron chi connectivity index (χ3n) is 5.73. The zero-order chi connectivity index (χ0) is 23.4. The summed E-state index contributed by atoms with van der Waals surface area (Å²) in [6.07, 6.45) is 0.944. The lowest BCUT2D eigenvalue weighted by Crippen LogP contribution is -2.01. The average Bonchev–Trinajstić information content (AvgIpc) is 2.80. The standard InChI is InChI=1S/C29H30N2O2/c1-19(16-22-4-10-26(11-5-22)32-27-12-6-24(30)7-13-27)23-17-20(2)29(21(3)18-23)33-28-14-8-25(31)9-15-28/h4-15,17-19H,16,30-31H2,1-3H3. The molecule has 0 heterocycles. The molecule has 0 saturated heterocycles. The Hall–Kier alpha value is -3.92. The Bertz CT molecular complexity index is 1190. The van der Waals surface area contributed by atoms with Gasteiger partial charge in [0.05, 0.1) is 0 Å². The Morgan fingerprint density at radius 1 is 0.636 bits per heavy atom. The maximum atomic E-state index is 6.14. The largest absolute Gasteiger partial charge is 0.457 e. The van der Waals surface area contributed by atoms with Gasteiger partial charge in [-0.15, -0.1) is 0 Å². The number of anilines is 2. The molecule has 4 N–H and O–H groups in total. The van der Waals surface area contributed by atoms with Gasteiger partial charge in [0.2, 0.25) is 0 Å². The summed E-state index contributed by atoms with van der Waals surface area (Å²) >= 11 is 0. The quantitative estimate of drug-likeness (QED) is 0.295. The number of ether oxygens (including phenoxy) is 2. The molecule has 4 heteroatoms. The molecular formula is C29H30N2O2. The Morgan fingerprint density at radius 3 is 1.55 bits per heavy atom. The summed E-state index contributed by atoms with van der Waals surface area (Å²) < 4.78 is 12.0. The van der Waals surface area contributed by atoms with Crippen LogP contribution in [-0.2, 0) is 6.42 Å². The van der Waals surface area contributed by atoms with Gasteiger partial charge in [0, 0.05) is 11.4 Å². The lowest BCUT2D eigenvalue weighted by molar-refractivity contribution is 0.474. The zero-order valence-electron chi connectivity index (χ0n) is 19.3. The second kappa shape index (κ2) is 9.70. The molecule has 0 aromatic heterocycles. The number of benzene rings is 4. The molecule has 0 aliphatic rings. The number of rotatable bonds is 7. The van der Waals surface area contributed by atoms with Crippen LogP contribution in [0.1, 0.15) is 35.1 Å². The first-order valence-electron chi connectivity index (χ1n) is 11.1. The molecule has 4 rings (SSSR count). The van der Waals surface area contributed by atoms with Gasteiger partial charge < -0.3 is 20.9 Å². The molecule has 0 saturated carbocycles. The predicted octanol–water partition coefficient (Wildman–Crippen LogP) is 7.40. The van der Waals surface area contributed by atoms with E-state index in [-0.39, 0.29) is 0 Å². The lowest BCUT2D eigenvalue weighted by atomic mass is 9.91. The highest BCUT2D eigenvalue weighted by molar-refractivity contribution is 5.49. The number of aryl methyl sites for hydroxylation is 2. The zero-order valence-corrected chi connectivity index (χ0v) is 19.3. The van der Waals surface area contributed by atoms with Gasteiger partial charge >= 0.3 is 0 Å². The van der Waals surface area contributed by atoms with Crippen molar-refractivity contribution in [3.8, 4) is 23.0 Å². The molecule has 0 radical (unpaired) electrons. The number of nitrogens with two attached hydrogens (primary N) is 2. The molecule has 4 aromatic rings. The van der Waals surface area contributed by atoms with Crippen LogP contribution in [0.15, 0.2) is 84.9 Å². The third-order valence-corrected chi connectivity index (χ3v) is 5.73. The molecule has 0 aliphatic carbocycles. The second-order valence-corrected chi connectivity index (χ2v) is 8.58. The summed E-state index contributed by atoms with van der Waals surface area (Å²) in [4.78, 5) is 0. The Morgan fingerprint density at radius 2 is 1.06 bits per heavy atom. The van der Waals surface area contributed by atoms with E-state index >= 15 is 0 Å². The molecule has 0 spiro atoms. The van der Waals surface area contributed by atoms with Crippen molar-refractivity contribution in [3.05, 3.63) is 107 Å². The SMILES string of the molecule is Cc1cc(C(C)Cc2ccc(Oc3ccc(N)cc3)cc2)cc(C)c1Oc1ccc(N)cc1. The summed E-state index contributed by atoms with van der Waals surface area (Å²) in [7, 11) is 0. The molecule has 0 bridgehead atoms. The molecule has 0 amide bonds. The minimum absolute atomic E-state index is 0.372. The summed E-state index contributed by atoms with van der Waals surface area (Å²) in [5.41, 5.74) is 17.8. The van der Waals surface area contributed by atoms with E-state index in [0.29, 0.717) is 5.92 Å². The van der Waals surface area contributed by atoms with Gasteiger partial charge in [-0.1, -0.05) is 31.2 Å². The van der Waals surface area contributed by atoms with E-state index < -0.39 is 0 Å². The second-order valence-electron chi connectivity index (χ2n) is 8.58. The highest BCUT2D eigenvalue weighted by Crippen LogP contribution is 2.33. The molecule has 168 valence electrons. The molecular weight excluding hydrogens is 408 g/mol. The van der Waals surface area contributed by atoms with Crippen molar-refractivity contribution in [2.75, 3.05) is 11.5 Å². The molecule has 1 unspecified atom stereocenters. The summed E-state index contributed by atoms with van der Waals surface area (Å²) in [5, 5.41) is 0. The van der Waals surface area contributed by atoms with Crippen molar-refractivity contribution in [3.63, 3.8) is 0 Å². The fraction of sp³-hybridized carbons (Fsp3) is 0.172. The van der Waals surface area contributed by atoms with Crippen molar-refractivity contribution < 1.29 is 9.47 Å². The first-order chi connectivity index (χ1) is 15.9. The van der Waals surface area contributed by atoms with Crippen LogP contribution in [0.4, 0.5) is 11.4 Å². The highest BCUT2D eigenvalue weighted by Gasteiger charge is 2.13. The van der Waals surface area contributed by atoms with Gasteiger partial charge in [0.15, 0.2) is 0 Å². The van der Waals surface area contributed by atoms with Gasteiger partial charge in [-0.05, 0) is 109 Å². The Balaban J connectivity index is 1.42. The highest BCUT2D eigenvalue weighted by atomic mass is 16.5. The summed E-state index contributed by atoms with van der Waals surface area (Å²) in [6, 6.07) is 27.6. The van der Waals surface area contributed by atoms with Gasteiger partial charge in [-0.3, -0.25) is 0 Å². The number of hydrogen-bond acceptors (Lipinski definition) is 4. The normalized spacial score (nSPS) is 11.7. The number of hydrogen-bond donors (Lipinski definition) is 2. The number of nitrogen functional groups attached to an aromatic ring is 2. The minimum atomic E-state index is 0.372. The van der Waals surface area contributed by atoms with Crippen LogP contribution in [0.3, 0.4) is 0 Å². The van der Waals surface area contributed by atoms with Crippen molar-refractivity contribution in [2.45, 2.75) is 33.1 Å². The molecule has 0 fully saturated rings. The van der Waals surface area contributed by atoms with Crippen LogP contribution in [0.2, 0.25) is 0 Å². The summed E-state index contributed by atoms with van der Waals surface area (Å²) in [5.74, 6) is 3.65. The van der Waals surface area contributed by atoms with Crippen molar-refractivity contribution in [1.29, 1.82) is 0 Å². The van der Waals surface area contributed by atoms with Crippen LogP contribution in [-0.4, -0.2) is 0 Å². The maximum absolute atomic E-state index is 6.14. The van der Waals surface area contributed by atoms with Gasteiger partial charge in [0.25, 0.3) is 0 Å². The maximum Gasteiger partial charge on any atom is 0.133 e. The van der Waals surface area contributed by atoms with Crippen LogP contribution in [0.25, 0.3) is 0 Å². The minimum Gasteiger partial charge on any atom is -0.457 e. The van der Waals surface area contributed by atoms with E-state index in [1.807, 2.05) is 60.7 Å². The first-order valence-corrected chi connectivity index (χ1v) is 11.1. The van der Waals surface area contributed by atoms with Crippen LogP contribution >= 0.6 is 0 Å². The Kier molecular flexibility index (Phi) is 6.55. The van der Waals surface area contributed by atoms with E-state index in [1.165, 1.54) is 11.1 Å². The molecule has 4 nitrogen and oxygen atoms in total. The predicted molar refractivity (Wildman–Crippen MR) is 136 cm³/mol. The Labute approximate surface area is 195 Å². The van der Waals surface area contributed by atoms with Crippen molar-refractivity contribution >= 4 is 11.4 Å². The monoisotopic (exact) mass is 438 g/mol. The van der Waals surface area contributed by atoms with E-state index in [0.717, 1.165) is 51.9 Å². The van der Waals surface area contributed by atoms with E-state index in [2.05, 4.69) is 45.0 Å². The third kappa shape index (κ3) is 5.66. The van der Waals surface area contributed by atoms with Gasteiger partial charge in [0.1, 0.15) is 23.0 Å². The fourth-order valence-electron chi connectivity index (χ4n) is 3.92. The first kappa shape index (κ1) is 22.3. The van der Waals surface area contributed by atoms with Gasteiger partial charge in [-0.25, -0.2) is 0 Å². The molecule has 0 aliphatic heterocycles. The van der Waals surface area contributed by atoms with E-state index in [1.54, 1.807) is 0 Å². The lowest BCUT2D eigenvalue weighted by Gasteiger charge is -2.18. The van der Waals surface area contributed by atoms with Crippen molar-refractivity contribution in [1.82, 2.24) is 0 Å². The van der Waals surface area contributed by atoms with Crippen molar-refractivity contribution in [2.24, 2.45) is 0 Å². The molecule has 33 heavy (non-hydrogen) atoms.